The first-order valence-electron chi connectivity index (χ1n) is 17.0. The van der Waals surface area contributed by atoms with Crippen LogP contribution in [0.1, 0.15) is 52.0 Å². The van der Waals surface area contributed by atoms with Gasteiger partial charge in [-0.05, 0) is 70.2 Å². The summed E-state index contributed by atoms with van der Waals surface area (Å²) in [5.74, 6) is 1.24. The molecular formula is C36H46N6O6. The number of amides is 3. The summed E-state index contributed by atoms with van der Waals surface area (Å²) in [6, 6.07) is 14.1. The number of benzene rings is 2. The Morgan fingerprint density at radius 3 is 2.46 bits per heavy atom. The summed E-state index contributed by atoms with van der Waals surface area (Å²) in [5, 5.41) is 16.2. The van der Waals surface area contributed by atoms with Gasteiger partial charge in [-0.2, -0.15) is 5.10 Å². The van der Waals surface area contributed by atoms with Crippen molar-refractivity contribution >= 4 is 23.6 Å². The monoisotopic (exact) mass is 658 g/mol. The summed E-state index contributed by atoms with van der Waals surface area (Å²) < 4.78 is 12.3. The number of carbonyl (C=O) groups is 3. The molecule has 1 atom stereocenters. The molecule has 0 radical (unpaired) electrons. The van der Waals surface area contributed by atoms with Crippen molar-refractivity contribution in [2.45, 2.75) is 64.6 Å². The molecule has 0 bridgehead atoms. The maximum Gasteiger partial charge on any atom is 0.407 e. The Morgan fingerprint density at radius 2 is 1.77 bits per heavy atom. The van der Waals surface area contributed by atoms with Crippen LogP contribution in [-0.2, 0) is 16.1 Å². The standard InChI is InChI=1S/C36H46N6O6/c1-4-47-32-19-25(28-21-37-38-22-28)10-11-26(32)24-42(29-12-13-29)33(43)27-7-6-14-41(23-27)30-8-5-9-31(20-30)48-36(2,3)34(44)39-15-17-40(18-16-39)35(45)46/h5,8-11,19-22,27,29H,4,6-7,12-18,23-24H2,1-3H3,(H,37,38)(H,45,46)/t27-/m1/s1. The molecule has 1 aromatic heterocycles. The number of H-pyrrole nitrogens is 1. The van der Waals surface area contributed by atoms with Crippen molar-refractivity contribution in [1.29, 1.82) is 0 Å². The normalized spacial score (nSPS) is 18.4. The second-order valence-electron chi connectivity index (χ2n) is 13.4. The molecule has 0 unspecified atom stereocenters. The predicted octanol–water partition coefficient (Wildman–Crippen LogP) is 4.86. The lowest BCUT2D eigenvalue weighted by Crippen LogP contribution is -2.56. The molecular weight excluding hydrogens is 612 g/mol. The lowest BCUT2D eigenvalue weighted by Gasteiger charge is -2.38. The maximum absolute atomic E-state index is 14.2. The van der Waals surface area contributed by atoms with Gasteiger partial charge in [0.05, 0.1) is 18.7 Å². The van der Waals surface area contributed by atoms with Gasteiger partial charge >= 0.3 is 6.09 Å². The summed E-state index contributed by atoms with van der Waals surface area (Å²) in [7, 11) is 0. The molecule has 2 aromatic carbocycles. The third-order valence-corrected chi connectivity index (χ3v) is 9.49. The molecule has 48 heavy (non-hydrogen) atoms. The van der Waals surface area contributed by atoms with E-state index in [4.69, 9.17) is 9.47 Å². The minimum absolute atomic E-state index is 0.132. The minimum atomic E-state index is -1.13. The highest BCUT2D eigenvalue weighted by Gasteiger charge is 2.39. The fourth-order valence-corrected chi connectivity index (χ4v) is 6.73. The zero-order chi connectivity index (χ0) is 33.8. The fourth-order valence-electron chi connectivity index (χ4n) is 6.73. The third kappa shape index (κ3) is 7.53. The van der Waals surface area contributed by atoms with Crippen LogP contribution in [-0.4, -0.2) is 105 Å². The molecule has 2 aliphatic heterocycles. The summed E-state index contributed by atoms with van der Waals surface area (Å²) in [5.41, 5.74) is 2.82. The molecule has 12 nitrogen and oxygen atoms in total. The number of aromatic nitrogens is 2. The van der Waals surface area contributed by atoms with Gasteiger partial charge < -0.3 is 34.2 Å². The van der Waals surface area contributed by atoms with Crippen molar-refractivity contribution < 1.29 is 29.0 Å². The van der Waals surface area contributed by atoms with Crippen molar-refractivity contribution in [3.05, 3.63) is 60.4 Å². The van der Waals surface area contributed by atoms with Crippen LogP contribution in [0.25, 0.3) is 11.1 Å². The van der Waals surface area contributed by atoms with Gasteiger partial charge in [-0.1, -0.05) is 18.2 Å². The molecule has 3 aliphatic rings. The second-order valence-corrected chi connectivity index (χ2v) is 13.4. The number of anilines is 1. The van der Waals surface area contributed by atoms with Crippen molar-refractivity contribution in [2.24, 2.45) is 5.92 Å². The predicted molar refractivity (Wildman–Crippen MR) is 181 cm³/mol. The van der Waals surface area contributed by atoms with Crippen molar-refractivity contribution in [3.8, 4) is 22.6 Å². The highest BCUT2D eigenvalue weighted by molar-refractivity contribution is 5.85. The molecule has 12 heteroatoms. The molecule has 2 N–H and O–H groups in total. The Balaban J connectivity index is 1.11. The van der Waals surface area contributed by atoms with Gasteiger partial charge in [0.1, 0.15) is 11.5 Å². The van der Waals surface area contributed by atoms with Gasteiger partial charge in [0.25, 0.3) is 5.91 Å². The van der Waals surface area contributed by atoms with E-state index < -0.39 is 11.7 Å². The number of hydrogen-bond acceptors (Lipinski definition) is 7. The Labute approximate surface area is 281 Å². The number of piperidine rings is 1. The topological polar surface area (TPSA) is 132 Å². The smallest absolute Gasteiger partial charge is 0.407 e. The van der Waals surface area contributed by atoms with E-state index in [1.165, 1.54) is 4.90 Å². The zero-order valence-corrected chi connectivity index (χ0v) is 28.1. The Kier molecular flexibility index (Phi) is 9.79. The molecule has 6 rings (SSSR count). The van der Waals surface area contributed by atoms with Crippen molar-refractivity contribution in [2.75, 3.05) is 50.8 Å². The number of carbonyl (C=O) groups excluding carboxylic acids is 2. The molecule has 3 amide bonds. The number of hydrogen-bond donors (Lipinski definition) is 2. The highest BCUT2D eigenvalue weighted by atomic mass is 16.5. The Hall–Kier alpha value is -4.74. The summed E-state index contributed by atoms with van der Waals surface area (Å²) >= 11 is 0. The number of aromatic amines is 1. The van der Waals surface area contributed by atoms with Crippen molar-refractivity contribution in [1.82, 2.24) is 24.9 Å². The van der Waals surface area contributed by atoms with E-state index in [1.54, 1.807) is 24.9 Å². The van der Waals surface area contributed by atoms with Crippen LogP contribution in [0.4, 0.5) is 10.5 Å². The van der Waals surface area contributed by atoms with Gasteiger partial charge in [-0.25, -0.2) is 4.79 Å². The van der Waals surface area contributed by atoms with Crippen LogP contribution in [0.15, 0.2) is 54.9 Å². The average molecular weight is 659 g/mol. The van der Waals surface area contributed by atoms with Crippen LogP contribution < -0.4 is 14.4 Å². The lowest BCUT2D eigenvalue weighted by atomic mass is 9.95. The van der Waals surface area contributed by atoms with E-state index >= 15 is 0 Å². The molecule has 3 heterocycles. The van der Waals surface area contributed by atoms with E-state index in [0.717, 1.165) is 60.4 Å². The summed E-state index contributed by atoms with van der Waals surface area (Å²) in [4.78, 5) is 46.1. The van der Waals surface area contributed by atoms with Gasteiger partial charge in [-0.3, -0.25) is 14.7 Å². The van der Waals surface area contributed by atoms with Crippen LogP contribution in [0.3, 0.4) is 0 Å². The van der Waals surface area contributed by atoms with Gasteiger partial charge in [-0.15, -0.1) is 0 Å². The molecule has 1 aliphatic carbocycles. The molecule has 0 spiro atoms. The SMILES string of the molecule is CCOc1cc(-c2cn[nH]c2)ccc1CN(C(=O)[C@@H]1CCCN(c2cccc(OC(C)(C)C(=O)N3CCN(C(=O)O)CC3)c2)C1)C1CC1. The molecule has 3 fully saturated rings. The highest BCUT2D eigenvalue weighted by Crippen LogP contribution is 2.36. The van der Waals surface area contributed by atoms with Crippen LogP contribution >= 0.6 is 0 Å². The number of ether oxygens (including phenoxy) is 2. The van der Waals surface area contributed by atoms with E-state index in [-0.39, 0.29) is 36.9 Å². The number of nitrogens with zero attached hydrogens (tertiary/aromatic N) is 5. The lowest BCUT2D eigenvalue weighted by molar-refractivity contribution is -0.147. The zero-order valence-electron chi connectivity index (χ0n) is 28.1. The molecule has 2 saturated heterocycles. The van der Waals surface area contributed by atoms with E-state index in [2.05, 4.69) is 32.1 Å². The number of carboxylic acid groups (broad SMARTS) is 1. The minimum Gasteiger partial charge on any atom is -0.494 e. The van der Waals surface area contributed by atoms with E-state index in [1.807, 2.05) is 43.5 Å². The molecule has 1 saturated carbocycles. The average Bonchev–Trinajstić information content (AvgIpc) is 3.79. The summed E-state index contributed by atoms with van der Waals surface area (Å²) in [6.07, 6.45) is 6.44. The first-order chi connectivity index (χ1) is 23.1. The van der Waals surface area contributed by atoms with Gasteiger partial charge in [0, 0.05) is 80.9 Å². The van der Waals surface area contributed by atoms with Crippen LogP contribution in [0, 0.1) is 5.92 Å². The first-order valence-corrected chi connectivity index (χ1v) is 17.0. The van der Waals surface area contributed by atoms with Crippen LogP contribution in [0.2, 0.25) is 0 Å². The van der Waals surface area contributed by atoms with Gasteiger partial charge in [0.15, 0.2) is 5.60 Å². The second kappa shape index (κ2) is 14.2. The largest absolute Gasteiger partial charge is 0.494 e. The molecule has 3 aromatic rings. The quantitative estimate of drug-likeness (QED) is 0.299. The molecule has 256 valence electrons. The van der Waals surface area contributed by atoms with Crippen molar-refractivity contribution in [3.63, 3.8) is 0 Å². The van der Waals surface area contributed by atoms with Gasteiger partial charge in [0.2, 0.25) is 5.91 Å². The first kappa shape index (κ1) is 33.2. The van der Waals surface area contributed by atoms with Crippen LogP contribution in [0.5, 0.6) is 11.5 Å². The third-order valence-electron chi connectivity index (χ3n) is 9.49. The Morgan fingerprint density at radius 1 is 1.00 bits per heavy atom. The number of piperazine rings is 1. The Bertz CT molecular complexity index is 1600. The maximum atomic E-state index is 14.2. The number of nitrogens with one attached hydrogen (secondary N) is 1. The van der Waals surface area contributed by atoms with E-state index in [9.17, 15) is 19.5 Å². The summed E-state index contributed by atoms with van der Waals surface area (Å²) in [6.45, 7) is 9.19. The van der Waals surface area contributed by atoms with E-state index in [0.29, 0.717) is 38.5 Å². The number of rotatable bonds is 11. The fraction of sp³-hybridized carbons (Fsp3) is 0.500.